The van der Waals surface area contributed by atoms with Gasteiger partial charge in [0.25, 0.3) is 5.91 Å². The molecular formula is C79H109ClF3IN12O23. The molecule has 3 aromatic carbocycles. The number of nitriles is 1. The Hall–Kier alpha value is -8.87. The van der Waals surface area contributed by atoms with E-state index in [1.807, 2.05) is 24.3 Å². The standard InChI is InChI=1S/C79H109ClF3IN12O23/c1-92(78(110)58-14-17-63(80)61(49-58)62-52-89-68(79(81,82)83)50-59(62)51-85)66-9-2-3-10-67(66)119-32-20-69(97)87-22-33-111-35-37-113-39-41-115-43-45-117-47-48-118-46-44-116-42-40-114-38-36-112-34-23-88-76(108)64(91-77(109)65(18-19-72(100)101)90-70(98)11-6-7-57-12-15-60(84)16-13-57)8-4-5-21-86-71(99)53-93-24-26-94(54-73(102)103)28-30-96(56-75(106)107)31-29-95(27-25-93)55-74(104)105/h2-3,9-10,12-17,49-50,52,64-65H,4-8,11,18-48,53-56H2,1H3,(H,86,99)(H,87,97)(H,88,108)(H,90,98)(H,91,109)(H,100,101)(H,102,103)(H,104,105)(H,106,107)/t64-,65-/m1/s1. The van der Waals surface area contributed by atoms with Crippen LogP contribution in [-0.4, -0.2) is 334 Å². The number of nitrogens with zero attached hydrogens (tertiary/aromatic N) is 7. The van der Waals surface area contributed by atoms with E-state index in [-0.39, 0.29) is 209 Å². The summed E-state index contributed by atoms with van der Waals surface area (Å²) >= 11 is 8.58. The molecule has 6 amide bonds. The summed E-state index contributed by atoms with van der Waals surface area (Å²) in [5.74, 6) is -7.11. The number of alkyl halides is 3. The number of halogens is 5. The molecule has 9 N–H and O–H groups in total. The number of benzene rings is 3. The Morgan fingerprint density at radius 2 is 1.00 bits per heavy atom. The SMILES string of the molecule is CN(C(=O)c1ccc(Cl)c(-c2cnc(C(F)(F)F)cc2C#N)c1)c1ccccc1OCCC(=O)NCCOCCOCCOCCOCCOCCOCCOCCOCCNC(=O)[C@@H](CCCCNC(=O)CN1CCN(CC(=O)O)CCN(CC(=O)O)CCN(CC(=O)O)CC1)NC(=O)[C@@H](CCC(=O)O)NC(=O)CCCc1ccc(I)cc1. The molecule has 4 aromatic rings. The zero-order chi connectivity index (χ0) is 86.6. The molecule has 5 rings (SSSR count). The third-order valence-corrected chi connectivity index (χ3v) is 19.0. The third kappa shape index (κ3) is 43.3. The molecule has 1 aliphatic rings. The van der Waals surface area contributed by atoms with E-state index in [4.69, 9.17) is 54.2 Å². The van der Waals surface area contributed by atoms with Crippen molar-refractivity contribution in [3.63, 3.8) is 0 Å². The van der Waals surface area contributed by atoms with Crippen LogP contribution in [0.25, 0.3) is 11.1 Å². The van der Waals surface area contributed by atoms with Gasteiger partial charge in [0.1, 0.15) is 23.5 Å². The number of carbonyl (C=O) groups is 10. The van der Waals surface area contributed by atoms with Gasteiger partial charge in [-0.3, -0.25) is 72.5 Å². The van der Waals surface area contributed by atoms with Crippen LogP contribution < -0.4 is 36.2 Å². The van der Waals surface area contributed by atoms with Crippen LogP contribution >= 0.6 is 34.2 Å². The van der Waals surface area contributed by atoms with Crippen molar-refractivity contribution in [2.75, 3.05) is 222 Å². The van der Waals surface area contributed by atoms with E-state index in [9.17, 15) is 86.8 Å². The minimum atomic E-state index is -4.77. The van der Waals surface area contributed by atoms with Gasteiger partial charge in [0.15, 0.2) is 0 Å². The van der Waals surface area contributed by atoms with Crippen molar-refractivity contribution >= 4 is 99.2 Å². The van der Waals surface area contributed by atoms with Crippen LogP contribution in [0.5, 0.6) is 5.75 Å². The van der Waals surface area contributed by atoms with Crippen molar-refractivity contribution in [2.24, 2.45) is 0 Å². The average molecular weight is 1810 g/mol. The van der Waals surface area contributed by atoms with E-state index in [2.05, 4.69) is 54.2 Å². The average Bonchev–Trinajstić information content (AvgIpc) is 0.786. The lowest BCUT2D eigenvalue weighted by Gasteiger charge is -2.32. The number of unbranched alkanes of at least 4 members (excludes halogenated alkanes) is 1. The molecule has 0 aliphatic carbocycles. The van der Waals surface area contributed by atoms with Crippen molar-refractivity contribution in [1.29, 1.82) is 5.26 Å². The fraction of sp³-hybridized carbons (Fsp3) is 0.570. The van der Waals surface area contributed by atoms with Crippen molar-refractivity contribution in [3.8, 4) is 22.9 Å². The molecule has 1 aliphatic heterocycles. The van der Waals surface area contributed by atoms with Crippen LogP contribution in [0.1, 0.15) is 78.5 Å². The summed E-state index contributed by atoms with van der Waals surface area (Å²) in [6.07, 6.45) is -2.73. The number of rotatable bonds is 58. The fourth-order valence-electron chi connectivity index (χ4n) is 11.8. The zero-order valence-corrected chi connectivity index (χ0v) is 69.6. The Balaban J connectivity index is 0.891. The van der Waals surface area contributed by atoms with Crippen molar-refractivity contribution in [3.05, 3.63) is 110 Å². The maximum absolute atomic E-state index is 13.9. The normalized spacial score (nSPS) is 13.8. The van der Waals surface area contributed by atoms with E-state index in [0.29, 0.717) is 109 Å². The topological polar surface area (TPSA) is 448 Å². The minimum Gasteiger partial charge on any atom is -0.491 e. The molecule has 1 saturated heterocycles. The maximum Gasteiger partial charge on any atom is 0.433 e. The molecule has 658 valence electrons. The number of aliphatic carboxylic acids is 4. The quantitative estimate of drug-likeness (QED) is 0.0223. The molecule has 2 heterocycles. The van der Waals surface area contributed by atoms with Gasteiger partial charge < -0.3 is 94.5 Å². The number of pyridine rings is 1. The third-order valence-electron chi connectivity index (χ3n) is 18.0. The number of carbonyl (C=O) groups excluding carboxylic acids is 6. The molecular weight excluding hydrogens is 1700 g/mol. The van der Waals surface area contributed by atoms with Crippen LogP contribution in [0.3, 0.4) is 0 Å². The Morgan fingerprint density at radius 3 is 1.50 bits per heavy atom. The summed E-state index contributed by atoms with van der Waals surface area (Å²) in [6, 6.07) is 18.6. The highest BCUT2D eigenvalue weighted by Gasteiger charge is 2.34. The Kier molecular flexibility index (Phi) is 49.2. The number of para-hydroxylation sites is 2. The predicted molar refractivity (Wildman–Crippen MR) is 435 cm³/mol. The predicted octanol–water partition coefficient (Wildman–Crippen LogP) is 3.93. The summed E-state index contributed by atoms with van der Waals surface area (Å²) in [4.78, 5) is 139. The van der Waals surface area contributed by atoms with Crippen LogP contribution in [-0.2, 0) is 93.6 Å². The molecule has 0 bridgehead atoms. The molecule has 119 heavy (non-hydrogen) atoms. The number of carboxylic acids is 4. The minimum absolute atomic E-state index is 0.00262. The highest BCUT2D eigenvalue weighted by atomic mass is 127. The van der Waals surface area contributed by atoms with Crippen molar-refractivity contribution in [1.82, 2.24) is 51.2 Å². The van der Waals surface area contributed by atoms with E-state index in [0.717, 1.165) is 15.3 Å². The van der Waals surface area contributed by atoms with Gasteiger partial charge in [-0.15, -0.1) is 0 Å². The van der Waals surface area contributed by atoms with E-state index < -0.39 is 77.9 Å². The second-order valence-corrected chi connectivity index (χ2v) is 28.8. The summed E-state index contributed by atoms with van der Waals surface area (Å²) in [7, 11) is 1.50. The van der Waals surface area contributed by atoms with Crippen LogP contribution in [0, 0.1) is 14.9 Å². The molecule has 0 radical (unpaired) electrons. The van der Waals surface area contributed by atoms with Gasteiger partial charge in [-0.05, 0) is 115 Å². The van der Waals surface area contributed by atoms with Crippen molar-refractivity contribution in [2.45, 2.75) is 76.0 Å². The smallest absolute Gasteiger partial charge is 0.433 e. The highest BCUT2D eigenvalue weighted by Crippen LogP contribution is 2.36. The van der Waals surface area contributed by atoms with E-state index in [1.165, 1.54) is 30.1 Å². The molecule has 35 nitrogen and oxygen atoms in total. The zero-order valence-electron chi connectivity index (χ0n) is 66.7. The van der Waals surface area contributed by atoms with Gasteiger partial charge in [-0.25, -0.2) is 0 Å². The molecule has 2 atom stereocenters. The number of carboxylic acid groups (broad SMARTS) is 4. The number of nitrogens with one attached hydrogen (secondary N) is 5. The van der Waals surface area contributed by atoms with E-state index >= 15 is 0 Å². The first-order valence-electron chi connectivity index (χ1n) is 39.0. The number of amides is 6. The number of hydrogen-bond acceptors (Lipinski definition) is 25. The number of anilines is 1. The first-order chi connectivity index (χ1) is 57.2. The largest absolute Gasteiger partial charge is 0.491 e. The lowest BCUT2D eigenvalue weighted by Crippen LogP contribution is -2.54. The number of hydrogen-bond donors (Lipinski definition) is 9. The van der Waals surface area contributed by atoms with Crippen LogP contribution in [0.2, 0.25) is 5.02 Å². The maximum atomic E-state index is 13.9. The number of aryl methyl sites for hydroxylation is 1. The molecule has 1 fully saturated rings. The molecule has 1 aromatic heterocycles. The number of aromatic nitrogens is 1. The summed E-state index contributed by atoms with van der Waals surface area (Å²) in [5, 5.41) is 61.7. The molecule has 40 heteroatoms. The van der Waals surface area contributed by atoms with Gasteiger partial charge in [0.05, 0.1) is 162 Å². The lowest BCUT2D eigenvalue weighted by atomic mass is 9.99. The van der Waals surface area contributed by atoms with Crippen LogP contribution in [0.4, 0.5) is 18.9 Å². The first kappa shape index (κ1) is 101. The molecule has 0 saturated carbocycles. The van der Waals surface area contributed by atoms with Crippen molar-refractivity contribution < 1.29 is 124 Å². The first-order valence-corrected chi connectivity index (χ1v) is 40.5. The molecule has 0 unspecified atom stereocenters. The van der Waals surface area contributed by atoms with Gasteiger partial charge in [-0.1, -0.05) is 35.9 Å². The lowest BCUT2D eigenvalue weighted by molar-refractivity contribution is -0.141. The number of ether oxygens (including phenoxy) is 9. The Bertz CT molecular complexity index is 3810. The van der Waals surface area contributed by atoms with E-state index in [1.54, 1.807) is 49.9 Å². The Morgan fingerprint density at radius 1 is 0.521 bits per heavy atom. The van der Waals surface area contributed by atoms with Gasteiger partial charge >= 0.3 is 30.1 Å². The molecule has 0 spiro atoms. The summed E-state index contributed by atoms with van der Waals surface area (Å²) in [6.45, 7) is 5.75. The second kappa shape index (κ2) is 58.2. The highest BCUT2D eigenvalue weighted by molar-refractivity contribution is 14.1. The fourth-order valence-corrected chi connectivity index (χ4v) is 12.3. The van der Waals surface area contributed by atoms with Gasteiger partial charge in [0, 0.05) is 123 Å². The summed E-state index contributed by atoms with van der Waals surface area (Å²) < 4.78 is 91.4. The monoisotopic (exact) mass is 1810 g/mol. The van der Waals surface area contributed by atoms with Crippen LogP contribution in [0.15, 0.2) is 79.0 Å². The second-order valence-electron chi connectivity index (χ2n) is 27.1. The van der Waals surface area contributed by atoms with Gasteiger partial charge in [0.2, 0.25) is 29.5 Å². The van der Waals surface area contributed by atoms with Gasteiger partial charge in [-0.2, -0.15) is 18.4 Å². The Labute approximate surface area is 707 Å². The summed E-state index contributed by atoms with van der Waals surface area (Å²) in [5.41, 5.74) is 0.0892.